The van der Waals surface area contributed by atoms with Gasteiger partial charge in [0.05, 0.1) is 19.8 Å². The molecule has 5 nitrogen and oxygen atoms in total. The third-order valence-corrected chi connectivity index (χ3v) is 4.51. The molecule has 1 aromatic rings. The largest absolute Gasteiger partial charge is 0.493 e. The molecule has 2 N–H and O–H groups in total. The molecule has 0 radical (unpaired) electrons. The van der Waals surface area contributed by atoms with Crippen molar-refractivity contribution in [2.24, 2.45) is 4.99 Å². The average Bonchev–Trinajstić information content (AvgIpc) is 3.26. The summed E-state index contributed by atoms with van der Waals surface area (Å²) in [6, 6.07) is 6.73. The van der Waals surface area contributed by atoms with Crippen LogP contribution in [-0.2, 0) is 6.54 Å². The Hall–Kier alpha value is -1.18. The van der Waals surface area contributed by atoms with Crippen molar-refractivity contribution < 1.29 is 9.47 Å². The van der Waals surface area contributed by atoms with Crippen LogP contribution in [-0.4, -0.2) is 31.8 Å². The summed E-state index contributed by atoms with van der Waals surface area (Å²) in [7, 11) is 1.70. The van der Waals surface area contributed by atoms with Crippen molar-refractivity contribution in [1.29, 1.82) is 0 Å². The first-order valence-corrected chi connectivity index (χ1v) is 9.17. The highest BCUT2D eigenvalue weighted by Gasteiger charge is 2.22. The lowest BCUT2D eigenvalue weighted by Crippen LogP contribution is -2.38. The SMILES string of the molecule is CCNC(=NCc1ccc(OC2CCCC2)c(OC)c1)NC1CC1.I. The zero-order valence-corrected chi connectivity index (χ0v) is 17.5. The molecule has 140 valence electrons. The molecule has 2 aliphatic rings. The summed E-state index contributed by atoms with van der Waals surface area (Å²) in [5.41, 5.74) is 1.12. The van der Waals surface area contributed by atoms with Crippen LogP contribution in [0.3, 0.4) is 0 Å². The lowest BCUT2D eigenvalue weighted by atomic mass is 10.2. The van der Waals surface area contributed by atoms with E-state index in [1.165, 1.54) is 25.7 Å². The number of nitrogens with zero attached hydrogens (tertiary/aromatic N) is 1. The van der Waals surface area contributed by atoms with Crippen LogP contribution in [0.4, 0.5) is 0 Å². The van der Waals surface area contributed by atoms with Gasteiger partial charge in [-0.1, -0.05) is 6.07 Å². The number of aliphatic imine (C=N–C) groups is 1. The number of benzene rings is 1. The summed E-state index contributed by atoms with van der Waals surface area (Å²) in [4.78, 5) is 4.67. The quantitative estimate of drug-likeness (QED) is 0.370. The maximum atomic E-state index is 6.09. The number of hydrogen-bond donors (Lipinski definition) is 2. The Bertz CT molecular complexity index is 570. The number of hydrogen-bond acceptors (Lipinski definition) is 3. The normalized spacial score (nSPS) is 17.8. The first kappa shape index (κ1) is 20.1. The van der Waals surface area contributed by atoms with Gasteiger partial charge < -0.3 is 20.1 Å². The second-order valence-corrected chi connectivity index (χ2v) is 6.62. The molecule has 2 saturated carbocycles. The maximum Gasteiger partial charge on any atom is 0.191 e. The molecule has 0 bridgehead atoms. The van der Waals surface area contributed by atoms with Crippen LogP contribution in [0.15, 0.2) is 23.2 Å². The van der Waals surface area contributed by atoms with Crippen molar-refractivity contribution in [3.8, 4) is 11.5 Å². The molecule has 2 fully saturated rings. The Morgan fingerprint density at radius 2 is 1.92 bits per heavy atom. The second-order valence-electron chi connectivity index (χ2n) is 6.62. The van der Waals surface area contributed by atoms with E-state index in [-0.39, 0.29) is 24.0 Å². The number of rotatable bonds is 7. The number of halogens is 1. The third kappa shape index (κ3) is 6.24. The minimum absolute atomic E-state index is 0. The molecule has 0 spiro atoms. The van der Waals surface area contributed by atoms with E-state index in [9.17, 15) is 0 Å². The number of guanidine groups is 1. The predicted molar refractivity (Wildman–Crippen MR) is 112 cm³/mol. The highest BCUT2D eigenvalue weighted by atomic mass is 127. The second kappa shape index (κ2) is 10.1. The van der Waals surface area contributed by atoms with Crippen molar-refractivity contribution in [2.75, 3.05) is 13.7 Å². The molecule has 0 saturated heterocycles. The van der Waals surface area contributed by atoms with Crippen LogP contribution in [0, 0.1) is 0 Å². The first-order chi connectivity index (χ1) is 11.8. The van der Waals surface area contributed by atoms with Gasteiger partial charge in [-0.05, 0) is 63.1 Å². The molecule has 25 heavy (non-hydrogen) atoms. The molecule has 6 heteroatoms. The summed E-state index contributed by atoms with van der Waals surface area (Å²) in [5.74, 6) is 2.54. The fraction of sp³-hybridized carbons (Fsp3) is 0.632. The zero-order valence-electron chi connectivity index (χ0n) is 15.2. The average molecular weight is 459 g/mol. The Balaban J connectivity index is 0.00000225. The van der Waals surface area contributed by atoms with Gasteiger partial charge in [-0.2, -0.15) is 0 Å². The summed E-state index contributed by atoms with van der Waals surface area (Å²) in [5, 5.41) is 6.73. The number of ether oxygens (including phenoxy) is 2. The van der Waals surface area contributed by atoms with E-state index in [0.29, 0.717) is 18.7 Å². The predicted octanol–water partition coefficient (Wildman–Crippen LogP) is 3.85. The fourth-order valence-corrected chi connectivity index (χ4v) is 3.00. The van der Waals surface area contributed by atoms with E-state index in [0.717, 1.165) is 42.4 Å². The summed E-state index contributed by atoms with van der Waals surface area (Å²) >= 11 is 0. The maximum absolute atomic E-state index is 6.09. The topological polar surface area (TPSA) is 54.9 Å². The van der Waals surface area contributed by atoms with Gasteiger partial charge in [-0.15, -0.1) is 24.0 Å². The van der Waals surface area contributed by atoms with Crippen LogP contribution < -0.4 is 20.1 Å². The summed E-state index contributed by atoms with van der Waals surface area (Å²) in [6.07, 6.45) is 7.65. The van der Waals surface area contributed by atoms with Gasteiger partial charge in [-0.25, -0.2) is 4.99 Å². The molecule has 2 aliphatic carbocycles. The molecule has 1 aromatic carbocycles. The van der Waals surface area contributed by atoms with Gasteiger partial charge in [0.2, 0.25) is 0 Å². The van der Waals surface area contributed by atoms with Crippen LogP contribution in [0.25, 0.3) is 0 Å². The van der Waals surface area contributed by atoms with E-state index >= 15 is 0 Å². The van der Waals surface area contributed by atoms with Gasteiger partial charge in [0.15, 0.2) is 17.5 Å². The molecule has 0 atom stereocenters. The Morgan fingerprint density at radius 3 is 2.56 bits per heavy atom. The standard InChI is InChI=1S/C19H29N3O2.HI/c1-3-20-19(22-15-9-10-15)21-13-14-8-11-17(18(12-14)23-2)24-16-6-4-5-7-16;/h8,11-12,15-16H,3-7,9-10,13H2,1-2H3,(H2,20,21,22);1H. The molecule has 0 unspecified atom stereocenters. The summed E-state index contributed by atoms with van der Waals surface area (Å²) < 4.78 is 11.6. The van der Waals surface area contributed by atoms with Crippen molar-refractivity contribution >= 4 is 29.9 Å². The number of methoxy groups -OCH3 is 1. The molecular weight excluding hydrogens is 429 g/mol. The highest BCUT2D eigenvalue weighted by Crippen LogP contribution is 2.32. The van der Waals surface area contributed by atoms with E-state index in [1.54, 1.807) is 7.11 Å². The van der Waals surface area contributed by atoms with Gasteiger partial charge in [-0.3, -0.25) is 0 Å². The van der Waals surface area contributed by atoms with E-state index in [2.05, 4.69) is 28.6 Å². The Morgan fingerprint density at radius 1 is 1.16 bits per heavy atom. The smallest absolute Gasteiger partial charge is 0.191 e. The van der Waals surface area contributed by atoms with Crippen LogP contribution in [0.1, 0.15) is 51.0 Å². The van der Waals surface area contributed by atoms with Gasteiger partial charge >= 0.3 is 0 Å². The molecule has 0 amide bonds. The summed E-state index contributed by atoms with van der Waals surface area (Å²) in [6.45, 7) is 3.58. The minimum Gasteiger partial charge on any atom is -0.493 e. The van der Waals surface area contributed by atoms with Crippen LogP contribution >= 0.6 is 24.0 Å². The van der Waals surface area contributed by atoms with E-state index in [1.807, 2.05) is 12.1 Å². The lowest BCUT2D eigenvalue weighted by molar-refractivity contribution is 0.200. The lowest BCUT2D eigenvalue weighted by Gasteiger charge is -2.16. The van der Waals surface area contributed by atoms with E-state index in [4.69, 9.17) is 9.47 Å². The van der Waals surface area contributed by atoms with Gasteiger partial charge in [0.25, 0.3) is 0 Å². The van der Waals surface area contributed by atoms with Crippen molar-refractivity contribution in [1.82, 2.24) is 10.6 Å². The Kier molecular flexibility index (Phi) is 8.12. The zero-order chi connectivity index (χ0) is 16.8. The highest BCUT2D eigenvalue weighted by molar-refractivity contribution is 14.0. The fourth-order valence-electron chi connectivity index (χ4n) is 3.00. The molecule has 0 aromatic heterocycles. The third-order valence-electron chi connectivity index (χ3n) is 4.51. The molecule has 0 aliphatic heterocycles. The van der Waals surface area contributed by atoms with Gasteiger partial charge in [0.1, 0.15) is 0 Å². The number of nitrogens with one attached hydrogen (secondary N) is 2. The van der Waals surface area contributed by atoms with E-state index < -0.39 is 0 Å². The van der Waals surface area contributed by atoms with Crippen LogP contribution in [0.2, 0.25) is 0 Å². The minimum atomic E-state index is 0. The molecule has 3 rings (SSSR count). The first-order valence-electron chi connectivity index (χ1n) is 9.17. The molecular formula is C19H30IN3O2. The Labute approximate surface area is 168 Å². The van der Waals surface area contributed by atoms with Crippen molar-refractivity contribution in [2.45, 2.75) is 64.1 Å². The van der Waals surface area contributed by atoms with Crippen molar-refractivity contribution in [3.63, 3.8) is 0 Å². The monoisotopic (exact) mass is 459 g/mol. The van der Waals surface area contributed by atoms with Crippen molar-refractivity contribution in [3.05, 3.63) is 23.8 Å². The van der Waals surface area contributed by atoms with Crippen LogP contribution in [0.5, 0.6) is 11.5 Å². The van der Waals surface area contributed by atoms with Gasteiger partial charge in [0, 0.05) is 12.6 Å². The molecule has 0 heterocycles.